The molecule has 20 heavy (non-hydrogen) atoms. The van der Waals surface area contributed by atoms with Gasteiger partial charge in [-0.2, -0.15) is 0 Å². The smallest absolute Gasteiger partial charge is 0.0513 e. The van der Waals surface area contributed by atoms with Gasteiger partial charge >= 0.3 is 0 Å². The van der Waals surface area contributed by atoms with E-state index in [0.29, 0.717) is 5.92 Å². The Morgan fingerprint density at radius 3 is 2.30 bits per heavy atom. The van der Waals surface area contributed by atoms with Crippen LogP contribution < -0.4 is 5.73 Å². The lowest BCUT2D eigenvalue weighted by Gasteiger charge is -2.37. The minimum atomic E-state index is 0.110. The Hall–Kier alpha value is -0.570. The lowest BCUT2D eigenvalue weighted by Crippen LogP contribution is -2.42. The van der Waals surface area contributed by atoms with Crippen LogP contribution in [-0.2, 0) is 0 Å². The van der Waals surface area contributed by atoms with E-state index in [9.17, 15) is 0 Å². The van der Waals surface area contributed by atoms with Gasteiger partial charge in [-0.15, -0.1) is 0 Å². The molecular formula is C17H29ClN2. The van der Waals surface area contributed by atoms with Crippen molar-refractivity contribution in [2.24, 2.45) is 11.7 Å². The SMILES string of the molecule is CCC(C)CN(CC)C(c1ccccc1Cl)C(N)CC. The van der Waals surface area contributed by atoms with E-state index in [4.69, 9.17) is 17.3 Å². The van der Waals surface area contributed by atoms with Crippen molar-refractivity contribution in [2.75, 3.05) is 13.1 Å². The summed E-state index contributed by atoms with van der Waals surface area (Å²) in [5, 5.41) is 0.823. The molecule has 0 aliphatic heterocycles. The summed E-state index contributed by atoms with van der Waals surface area (Å²) in [5.74, 6) is 0.670. The fourth-order valence-electron chi connectivity index (χ4n) is 2.61. The first-order chi connectivity index (χ1) is 9.54. The average Bonchev–Trinajstić information content (AvgIpc) is 2.47. The molecule has 0 saturated heterocycles. The van der Waals surface area contributed by atoms with E-state index in [2.05, 4.69) is 38.7 Å². The molecule has 1 aromatic rings. The molecule has 0 aromatic heterocycles. The minimum absolute atomic E-state index is 0.110. The molecule has 0 radical (unpaired) electrons. The zero-order chi connectivity index (χ0) is 15.1. The first-order valence-electron chi connectivity index (χ1n) is 7.79. The van der Waals surface area contributed by atoms with Gasteiger partial charge in [0, 0.05) is 17.6 Å². The second-order valence-corrected chi connectivity index (χ2v) is 6.05. The Kier molecular flexibility index (Phi) is 7.57. The molecule has 3 unspecified atom stereocenters. The van der Waals surface area contributed by atoms with Crippen LogP contribution in [0.25, 0.3) is 0 Å². The fraction of sp³-hybridized carbons (Fsp3) is 0.647. The lowest BCUT2D eigenvalue weighted by atomic mass is 9.95. The summed E-state index contributed by atoms with van der Waals surface area (Å²) < 4.78 is 0. The van der Waals surface area contributed by atoms with Gasteiger partial charge in [0.05, 0.1) is 6.04 Å². The summed E-state index contributed by atoms with van der Waals surface area (Å²) in [6, 6.07) is 8.41. The molecule has 0 amide bonds. The zero-order valence-electron chi connectivity index (χ0n) is 13.3. The van der Waals surface area contributed by atoms with Crippen molar-refractivity contribution in [3.8, 4) is 0 Å². The predicted octanol–water partition coefficient (Wildman–Crippen LogP) is 4.49. The molecule has 1 aromatic carbocycles. The standard InChI is InChI=1S/C17H29ClN2/c1-5-13(4)12-20(7-3)17(16(19)6-2)14-10-8-9-11-15(14)18/h8-11,13,16-17H,5-7,12,19H2,1-4H3. The highest BCUT2D eigenvalue weighted by atomic mass is 35.5. The van der Waals surface area contributed by atoms with E-state index in [1.54, 1.807) is 0 Å². The first kappa shape index (κ1) is 17.5. The minimum Gasteiger partial charge on any atom is -0.326 e. The number of hydrogen-bond donors (Lipinski definition) is 1. The summed E-state index contributed by atoms with van der Waals surface area (Å²) in [6.07, 6.45) is 2.14. The van der Waals surface area contributed by atoms with Gasteiger partial charge in [0.15, 0.2) is 0 Å². The van der Waals surface area contributed by atoms with E-state index in [0.717, 1.165) is 30.1 Å². The van der Waals surface area contributed by atoms with Crippen LogP contribution in [-0.4, -0.2) is 24.0 Å². The van der Waals surface area contributed by atoms with Crippen molar-refractivity contribution in [1.82, 2.24) is 4.90 Å². The van der Waals surface area contributed by atoms with E-state index in [1.807, 2.05) is 18.2 Å². The summed E-state index contributed by atoms with van der Waals surface area (Å²) in [7, 11) is 0. The van der Waals surface area contributed by atoms with Crippen LogP contribution in [0.2, 0.25) is 5.02 Å². The Balaban J connectivity index is 3.07. The predicted molar refractivity (Wildman–Crippen MR) is 89.2 cm³/mol. The Bertz CT molecular complexity index is 394. The quantitative estimate of drug-likeness (QED) is 0.766. The number of rotatable bonds is 8. The second-order valence-electron chi connectivity index (χ2n) is 5.64. The van der Waals surface area contributed by atoms with Crippen LogP contribution in [0.5, 0.6) is 0 Å². The number of nitrogens with two attached hydrogens (primary N) is 1. The summed E-state index contributed by atoms with van der Waals surface area (Å²) in [5.41, 5.74) is 7.57. The first-order valence-corrected chi connectivity index (χ1v) is 8.16. The third kappa shape index (κ3) is 4.47. The van der Waals surface area contributed by atoms with Gasteiger partial charge in [0.2, 0.25) is 0 Å². The van der Waals surface area contributed by atoms with Crippen molar-refractivity contribution in [1.29, 1.82) is 0 Å². The van der Waals surface area contributed by atoms with Gasteiger partial charge in [-0.1, -0.05) is 63.9 Å². The zero-order valence-corrected chi connectivity index (χ0v) is 14.0. The van der Waals surface area contributed by atoms with Crippen molar-refractivity contribution >= 4 is 11.6 Å². The van der Waals surface area contributed by atoms with Crippen molar-refractivity contribution in [3.63, 3.8) is 0 Å². The number of hydrogen-bond acceptors (Lipinski definition) is 2. The number of nitrogens with zero attached hydrogens (tertiary/aromatic N) is 1. The van der Waals surface area contributed by atoms with E-state index in [1.165, 1.54) is 6.42 Å². The summed E-state index contributed by atoms with van der Waals surface area (Å²) >= 11 is 6.41. The molecule has 1 rings (SSSR count). The van der Waals surface area contributed by atoms with Gasteiger partial charge in [-0.25, -0.2) is 0 Å². The van der Waals surface area contributed by atoms with Gasteiger partial charge in [0.1, 0.15) is 0 Å². The second kappa shape index (κ2) is 8.66. The van der Waals surface area contributed by atoms with Crippen molar-refractivity contribution in [3.05, 3.63) is 34.9 Å². The Morgan fingerprint density at radius 2 is 1.80 bits per heavy atom. The summed E-state index contributed by atoms with van der Waals surface area (Å²) in [6.45, 7) is 10.9. The maximum Gasteiger partial charge on any atom is 0.0513 e. The maximum atomic E-state index is 6.41. The molecule has 2 N–H and O–H groups in total. The van der Waals surface area contributed by atoms with Crippen LogP contribution in [0.4, 0.5) is 0 Å². The molecule has 0 heterocycles. The van der Waals surface area contributed by atoms with E-state index >= 15 is 0 Å². The third-order valence-corrected chi connectivity index (χ3v) is 4.49. The van der Waals surface area contributed by atoms with Crippen LogP contribution >= 0.6 is 11.6 Å². The van der Waals surface area contributed by atoms with Gasteiger partial charge < -0.3 is 5.73 Å². The molecule has 0 aliphatic rings. The highest BCUT2D eigenvalue weighted by Crippen LogP contribution is 2.31. The van der Waals surface area contributed by atoms with Crippen LogP contribution in [0.3, 0.4) is 0 Å². The molecule has 0 bridgehead atoms. The Morgan fingerprint density at radius 1 is 1.15 bits per heavy atom. The van der Waals surface area contributed by atoms with E-state index < -0.39 is 0 Å². The number of halogens is 1. The lowest BCUT2D eigenvalue weighted by molar-refractivity contribution is 0.153. The van der Waals surface area contributed by atoms with Crippen LogP contribution in [0.1, 0.15) is 52.1 Å². The molecule has 0 spiro atoms. The van der Waals surface area contributed by atoms with Crippen LogP contribution in [0, 0.1) is 5.92 Å². The normalized spacial score (nSPS) is 16.1. The van der Waals surface area contributed by atoms with Gasteiger partial charge in [-0.05, 0) is 30.5 Å². The van der Waals surface area contributed by atoms with E-state index in [-0.39, 0.29) is 12.1 Å². The highest BCUT2D eigenvalue weighted by Gasteiger charge is 2.27. The van der Waals surface area contributed by atoms with Crippen molar-refractivity contribution < 1.29 is 0 Å². The molecule has 0 fully saturated rings. The van der Waals surface area contributed by atoms with Gasteiger partial charge in [-0.3, -0.25) is 4.90 Å². The highest BCUT2D eigenvalue weighted by molar-refractivity contribution is 6.31. The Labute approximate surface area is 129 Å². The average molecular weight is 297 g/mol. The monoisotopic (exact) mass is 296 g/mol. The molecular weight excluding hydrogens is 268 g/mol. The van der Waals surface area contributed by atoms with Crippen molar-refractivity contribution in [2.45, 2.75) is 52.6 Å². The molecule has 3 atom stereocenters. The molecule has 3 heteroatoms. The number of benzene rings is 1. The fourth-order valence-corrected chi connectivity index (χ4v) is 2.85. The topological polar surface area (TPSA) is 29.3 Å². The molecule has 0 saturated carbocycles. The maximum absolute atomic E-state index is 6.41. The summed E-state index contributed by atoms with van der Waals surface area (Å²) in [4.78, 5) is 2.48. The molecule has 114 valence electrons. The number of likely N-dealkylation sites (N-methyl/N-ethyl adjacent to an activating group) is 1. The third-order valence-electron chi connectivity index (χ3n) is 4.14. The largest absolute Gasteiger partial charge is 0.326 e. The van der Waals surface area contributed by atoms with Gasteiger partial charge in [0.25, 0.3) is 0 Å². The molecule has 0 aliphatic carbocycles. The molecule has 2 nitrogen and oxygen atoms in total. The van der Waals surface area contributed by atoms with Crippen LogP contribution in [0.15, 0.2) is 24.3 Å².